The van der Waals surface area contributed by atoms with Gasteiger partial charge in [0, 0.05) is 26.2 Å². The van der Waals surface area contributed by atoms with Gasteiger partial charge in [0.05, 0.1) is 12.2 Å². The lowest BCUT2D eigenvalue weighted by molar-refractivity contribution is -0.147. The van der Waals surface area contributed by atoms with Crippen LogP contribution in [-0.4, -0.2) is 73.2 Å². The molecule has 0 aliphatic carbocycles. The van der Waals surface area contributed by atoms with Crippen molar-refractivity contribution in [3.05, 3.63) is 0 Å². The van der Waals surface area contributed by atoms with Crippen molar-refractivity contribution in [2.45, 2.75) is 79.4 Å². The number of hydrogen-bond acceptors (Lipinski definition) is 4. The third kappa shape index (κ3) is 10.1. The Morgan fingerprint density at radius 1 is 0.654 bits per heavy atom. The first kappa shape index (κ1) is 24.9. The second kappa shape index (κ2) is 15.0. The van der Waals surface area contributed by atoms with E-state index in [4.69, 9.17) is 9.47 Å². The van der Waals surface area contributed by atoms with Gasteiger partial charge in [0.15, 0.2) is 0 Å². The molecule has 2 atom stereocenters. The van der Waals surface area contributed by atoms with Gasteiger partial charge < -0.3 is 19.3 Å². The predicted octanol–water partition coefficient (Wildman–Crippen LogP) is 3.09. The molecule has 154 valence electrons. The van der Waals surface area contributed by atoms with Crippen molar-refractivity contribution in [3.63, 3.8) is 0 Å². The highest BCUT2D eigenvalue weighted by atomic mass is 16.5. The summed E-state index contributed by atoms with van der Waals surface area (Å²) in [6.07, 6.45) is 3.26. The summed E-state index contributed by atoms with van der Waals surface area (Å²) in [6.45, 7) is 15.2. The van der Waals surface area contributed by atoms with Crippen LogP contribution in [0.25, 0.3) is 0 Å². The molecule has 0 rings (SSSR count). The summed E-state index contributed by atoms with van der Waals surface area (Å²) < 4.78 is 11.4. The van der Waals surface area contributed by atoms with Gasteiger partial charge in [-0.15, -0.1) is 0 Å². The Morgan fingerprint density at radius 3 is 1.15 bits per heavy atom. The molecule has 0 aromatic rings. The standard InChI is InChI=1S/C20H40N2O4/c1-7-11-21(12-8-2)19(23)15-25-17(5)18(6)26-16-20(24)22(13-9-3)14-10-4/h17-18H,7-16H2,1-6H3. The van der Waals surface area contributed by atoms with Crippen LogP contribution in [0.15, 0.2) is 0 Å². The van der Waals surface area contributed by atoms with E-state index in [1.807, 2.05) is 23.6 Å². The van der Waals surface area contributed by atoms with E-state index in [0.717, 1.165) is 51.9 Å². The topological polar surface area (TPSA) is 59.1 Å². The minimum Gasteiger partial charge on any atom is -0.366 e. The zero-order valence-corrected chi connectivity index (χ0v) is 17.8. The molecule has 6 heteroatoms. The molecule has 0 bridgehead atoms. The Bertz CT molecular complexity index is 342. The number of carbonyl (C=O) groups is 2. The third-order valence-electron chi connectivity index (χ3n) is 4.28. The van der Waals surface area contributed by atoms with Gasteiger partial charge in [0.1, 0.15) is 13.2 Å². The van der Waals surface area contributed by atoms with Gasteiger partial charge in [-0.25, -0.2) is 0 Å². The van der Waals surface area contributed by atoms with Crippen LogP contribution < -0.4 is 0 Å². The average Bonchev–Trinajstić information content (AvgIpc) is 2.63. The van der Waals surface area contributed by atoms with E-state index in [9.17, 15) is 9.59 Å². The van der Waals surface area contributed by atoms with Gasteiger partial charge in [0.2, 0.25) is 11.8 Å². The van der Waals surface area contributed by atoms with Gasteiger partial charge in [0.25, 0.3) is 0 Å². The van der Waals surface area contributed by atoms with Crippen LogP contribution in [0.5, 0.6) is 0 Å². The summed E-state index contributed by atoms with van der Waals surface area (Å²) in [4.78, 5) is 28.2. The number of carbonyl (C=O) groups excluding carboxylic acids is 2. The Labute approximate surface area is 160 Å². The molecule has 26 heavy (non-hydrogen) atoms. The molecule has 0 aromatic heterocycles. The van der Waals surface area contributed by atoms with E-state index < -0.39 is 0 Å². The SMILES string of the molecule is CCCN(CCC)C(=O)COC(C)C(C)OCC(=O)N(CCC)CCC. The fourth-order valence-electron chi connectivity index (χ4n) is 2.66. The fourth-order valence-corrected chi connectivity index (χ4v) is 2.66. The van der Waals surface area contributed by atoms with E-state index in [2.05, 4.69) is 27.7 Å². The lowest BCUT2D eigenvalue weighted by Gasteiger charge is -2.26. The Morgan fingerprint density at radius 2 is 0.923 bits per heavy atom. The zero-order chi connectivity index (χ0) is 19.9. The summed E-state index contributed by atoms with van der Waals surface area (Å²) in [5, 5.41) is 0. The second-order valence-electron chi connectivity index (χ2n) is 6.79. The highest BCUT2D eigenvalue weighted by Crippen LogP contribution is 2.06. The van der Waals surface area contributed by atoms with Crippen molar-refractivity contribution < 1.29 is 19.1 Å². The lowest BCUT2D eigenvalue weighted by atomic mass is 10.2. The van der Waals surface area contributed by atoms with Crippen LogP contribution in [0, 0.1) is 0 Å². The average molecular weight is 373 g/mol. The van der Waals surface area contributed by atoms with Gasteiger partial charge in [-0.2, -0.15) is 0 Å². The number of ether oxygens (including phenoxy) is 2. The van der Waals surface area contributed by atoms with Crippen LogP contribution in [0.4, 0.5) is 0 Å². The molecule has 0 fully saturated rings. The largest absolute Gasteiger partial charge is 0.366 e. The molecule has 0 aliphatic rings. The normalized spacial score (nSPS) is 13.3. The van der Waals surface area contributed by atoms with E-state index in [-0.39, 0.29) is 37.2 Å². The molecular weight excluding hydrogens is 332 g/mol. The quantitative estimate of drug-likeness (QED) is 0.443. The maximum atomic E-state index is 12.2. The van der Waals surface area contributed by atoms with Crippen LogP contribution in [0.3, 0.4) is 0 Å². The molecule has 0 saturated carbocycles. The number of nitrogens with zero attached hydrogens (tertiary/aromatic N) is 2. The first-order valence-corrected chi connectivity index (χ1v) is 10.2. The van der Waals surface area contributed by atoms with Crippen molar-refractivity contribution in [2.24, 2.45) is 0 Å². The van der Waals surface area contributed by atoms with E-state index in [0.29, 0.717) is 0 Å². The minimum atomic E-state index is -0.248. The Balaban J connectivity index is 4.31. The molecule has 2 unspecified atom stereocenters. The summed E-state index contributed by atoms with van der Waals surface area (Å²) in [5.74, 6) is 0.0294. The van der Waals surface area contributed by atoms with Gasteiger partial charge in [-0.1, -0.05) is 27.7 Å². The van der Waals surface area contributed by atoms with Crippen LogP contribution in [0.1, 0.15) is 67.2 Å². The van der Waals surface area contributed by atoms with Crippen LogP contribution in [0.2, 0.25) is 0 Å². The molecule has 2 amide bonds. The van der Waals surface area contributed by atoms with E-state index in [1.165, 1.54) is 0 Å². The van der Waals surface area contributed by atoms with Gasteiger partial charge >= 0.3 is 0 Å². The summed E-state index contributed by atoms with van der Waals surface area (Å²) in [7, 11) is 0. The molecule has 0 radical (unpaired) electrons. The first-order valence-electron chi connectivity index (χ1n) is 10.2. The lowest BCUT2D eigenvalue weighted by Crippen LogP contribution is -2.39. The second-order valence-corrected chi connectivity index (χ2v) is 6.79. The molecule has 0 saturated heterocycles. The molecule has 0 spiro atoms. The molecule has 0 aromatic carbocycles. The van der Waals surface area contributed by atoms with Crippen molar-refractivity contribution in [2.75, 3.05) is 39.4 Å². The summed E-state index contributed by atoms with van der Waals surface area (Å²) >= 11 is 0. The minimum absolute atomic E-state index is 0.0147. The Kier molecular flexibility index (Phi) is 14.3. The summed E-state index contributed by atoms with van der Waals surface area (Å²) in [6, 6.07) is 0. The highest BCUT2D eigenvalue weighted by molar-refractivity contribution is 5.77. The van der Waals surface area contributed by atoms with Gasteiger partial charge in [-0.05, 0) is 39.5 Å². The molecule has 6 nitrogen and oxygen atoms in total. The summed E-state index contributed by atoms with van der Waals surface area (Å²) in [5.41, 5.74) is 0. The van der Waals surface area contributed by atoms with Crippen LogP contribution in [-0.2, 0) is 19.1 Å². The molecule has 0 heterocycles. The van der Waals surface area contributed by atoms with Crippen molar-refractivity contribution in [3.8, 4) is 0 Å². The van der Waals surface area contributed by atoms with Crippen molar-refractivity contribution in [1.29, 1.82) is 0 Å². The molecule has 0 aliphatic heterocycles. The highest BCUT2D eigenvalue weighted by Gasteiger charge is 2.20. The number of amides is 2. The smallest absolute Gasteiger partial charge is 0.248 e. The van der Waals surface area contributed by atoms with E-state index >= 15 is 0 Å². The molecule has 0 N–H and O–H groups in total. The van der Waals surface area contributed by atoms with Crippen LogP contribution >= 0.6 is 0 Å². The maximum absolute atomic E-state index is 12.2. The van der Waals surface area contributed by atoms with Crippen molar-refractivity contribution in [1.82, 2.24) is 9.80 Å². The van der Waals surface area contributed by atoms with E-state index in [1.54, 1.807) is 0 Å². The maximum Gasteiger partial charge on any atom is 0.248 e. The number of hydrogen-bond donors (Lipinski definition) is 0. The first-order chi connectivity index (χ1) is 12.4. The van der Waals surface area contributed by atoms with Crippen molar-refractivity contribution >= 4 is 11.8 Å². The molecular formula is C20H40N2O4. The Hall–Kier alpha value is -1.14. The monoisotopic (exact) mass is 372 g/mol. The fraction of sp³-hybridized carbons (Fsp3) is 0.900. The van der Waals surface area contributed by atoms with Gasteiger partial charge in [-0.3, -0.25) is 9.59 Å². The number of rotatable bonds is 15. The third-order valence-corrected chi connectivity index (χ3v) is 4.28. The zero-order valence-electron chi connectivity index (χ0n) is 17.8. The predicted molar refractivity (Wildman–Crippen MR) is 105 cm³/mol.